The lowest BCUT2D eigenvalue weighted by Gasteiger charge is -2.29. The van der Waals surface area contributed by atoms with Crippen molar-refractivity contribution in [3.8, 4) is 0 Å². The van der Waals surface area contributed by atoms with E-state index < -0.39 is 0 Å². The molecule has 0 N–H and O–H groups in total. The lowest BCUT2D eigenvalue weighted by atomic mass is 9.89. The minimum atomic E-state index is 0.548. The minimum Gasteiger partial charge on any atom is -0.306 e. The van der Waals surface area contributed by atoms with Gasteiger partial charge in [-0.25, -0.2) is 0 Å². The van der Waals surface area contributed by atoms with E-state index in [4.69, 9.17) is 0 Å². The lowest BCUT2D eigenvalue weighted by molar-refractivity contribution is 0.255. The van der Waals surface area contributed by atoms with E-state index in [-0.39, 0.29) is 0 Å². The van der Waals surface area contributed by atoms with Crippen molar-refractivity contribution < 1.29 is 0 Å². The van der Waals surface area contributed by atoms with E-state index in [2.05, 4.69) is 23.2 Å². The van der Waals surface area contributed by atoms with Crippen LogP contribution in [0.5, 0.6) is 0 Å². The molecule has 1 aliphatic rings. The van der Waals surface area contributed by atoms with Crippen molar-refractivity contribution in [2.24, 2.45) is 5.18 Å². The highest BCUT2D eigenvalue weighted by molar-refractivity contribution is 5.41. The van der Waals surface area contributed by atoms with Crippen LogP contribution in [0, 0.1) is 4.91 Å². The average Bonchev–Trinajstić information content (AvgIpc) is 2.30. The van der Waals surface area contributed by atoms with Crippen LogP contribution in [-0.2, 0) is 0 Å². The van der Waals surface area contributed by atoms with Crippen LogP contribution in [-0.4, -0.2) is 25.0 Å². The number of hydrogen-bond donors (Lipinski definition) is 0. The molecule has 0 amide bonds. The molecule has 2 rings (SSSR count). The predicted molar refractivity (Wildman–Crippen MR) is 61.4 cm³/mol. The summed E-state index contributed by atoms with van der Waals surface area (Å²) in [4.78, 5) is 12.8. The monoisotopic (exact) mass is 204 g/mol. The zero-order valence-electron chi connectivity index (χ0n) is 9.02. The topological polar surface area (TPSA) is 32.7 Å². The molecule has 0 aliphatic carbocycles. The van der Waals surface area contributed by atoms with Crippen LogP contribution in [0.15, 0.2) is 29.4 Å². The number of hydrogen-bond acceptors (Lipinski definition) is 3. The molecular formula is C12H16N2O. The maximum atomic E-state index is 10.4. The van der Waals surface area contributed by atoms with Crippen molar-refractivity contribution in [1.82, 2.24) is 4.90 Å². The zero-order valence-corrected chi connectivity index (χ0v) is 9.02. The highest BCUT2D eigenvalue weighted by atomic mass is 16.3. The number of nitrogens with zero attached hydrogens (tertiary/aromatic N) is 2. The van der Waals surface area contributed by atoms with Crippen LogP contribution in [0.2, 0.25) is 0 Å². The third kappa shape index (κ3) is 2.42. The summed E-state index contributed by atoms with van der Waals surface area (Å²) >= 11 is 0. The van der Waals surface area contributed by atoms with Crippen molar-refractivity contribution in [3.05, 3.63) is 34.7 Å². The van der Waals surface area contributed by atoms with Crippen molar-refractivity contribution in [1.29, 1.82) is 0 Å². The largest absolute Gasteiger partial charge is 0.306 e. The second-order valence-corrected chi connectivity index (χ2v) is 4.26. The molecule has 3 nitrogen and oxygen atoms in total. The van der Waals surface area contributed by atoms with E-state index in [1.165, 1.54) is 18.4 Å². The number of rotatable bonds is 2. The van der Waals surface area contributed by atoms with Gasteiger partial charge in [0.1, 0.15) is 5.69 Å². The summed E-state index contributed by atoms with van der Waals surface area (Å²) < 4.78 is 0. The molecule has 80 valence electrons. The first-order valence-corrected chi connectivity index (χ1v) is 5.41. The van der Waals surface area contributed by atoms with Gasteiger partial charge in [0.05, 0.1) is 0 Å². The van der Waals surface area contributed by atoms with Crippen molar-refractivity contribution in [2.45, 2.75) is 18.8 Å². The van der Waals surface area contributed by atoms with Gasteiger partial charge in [-0.2, -0.15) is 0 Å². The number of nitroso groups, excluding NO2 is 1. The second-order valence-electron chi connectivity index (χ2n) is 4.26. The molecule has 1 saturated heterocycles. The molecule has 0 aromatic heterocycles. The molecule has 1 aliphatic heterocycles. The highest BCUT2D eigenvalue weighted by Crippen LogP contribution is 2.29. The number of likely N-dealkylation sites (tertiary alicyclic amines) is 1. The van der Waals surface area contributed by atoms with Gasteiger partial charge in [0.25, 0.3) is 0 Å². The van der Waals surface area contributed by atoms with Gasteiger partial charge in [-0.1, -0.05) is 12.1 Å². The first-order chi connectivity index (χ1) is 7.29. The Labute approximate surface area is 90.1 Å². The lowest BCUT2D eigenvalue weighted by Crippen LogP contribution is -2.29. The summed E-state index contributed by atoms with van der Waals surface area (Å²) in [6, 6.07) is 7.70. The fraction of sp³-hybridized carbons (Fsp3) is 0.500. The molecule has 0 saturated carbocycles. The fourth-order valence-electron chi connectivity index (χ4n) is 2.18. The summed E-state index contributed by atoms with van der Waals surface area (Å²) in [7, 11) is 2.15. The molecule has 0 atom stereocenters. The van der Waals surface area contributed by atoms with Crippen LogP contribution < -0.4 is 0 Å². The van der Waals surface area contributed by atoms with Crippen LogP contribution in [0.1, 0.15) is 24.3 Å². The summed E-state index contributed by atoms with van der Waals surface area (Å²) in [6.07, 6.45) is 2.36. The first kappa shape index (κ1) is 10.3. The molecule has 1 aromatic carbocycles. The molecule has 1 heterocycles. The minimum absolute atomic E-state index is 0.548. The number of piperidine rings is 1. The Morgan fingerprint density at radius 2 is 2.07 bits per heavy atom. The summed E-state index contributed by atoms with van der Waals surface area (Å²) in [5, 5.41) is 2.98. The van der Waals surface area contributed by atoms with Crippen molar-refractivity contribution >= 4 is 5.69 Å². The van der Waals surface area contributed by atoms with Crippen LogP contribution in [0.3, 0.4) is 0 Å². The van der Waals surface area contributed by atoms with Gasteiger partial charge >= 0.3 is 0 Å². The molecule has 0 radical (unpaired) electrons. The normalized spacial score (nSPS) is 19.0. The first-order valence-electron chi connectivity index (χ1n) is 5.41. The Hall–Kier alpha value is -1.22. The van der Waals surface area contributed by atoms with E-state index in [0.717, 1.165) is 13.1 Å². The summed E-state index contributed by atoms with van der Waals surface area (Å²) in [5.74, 6) is 0.600. The summed E-state index contributed by atoms with van der Waals surface area (Å²) in [5.41, 5.74) is 1.81. The number of benzene rings is 1. The van der Waals surface area contributed by atoms with Crippen LogP contribution >= 0.6 is 0 Å². The molecule has 0 bridgehead atoms. The zero-order chi connectivity index (χ0) is 10.7. The van der Waals surface area contributed by atoms with Crippen LogP contribution in [0.25, 0.3) is 0 Å². The maximum Gasteiger partial charge on any atom is 0.108 e. The molecular weight excluding hydrogens is 188 g/mol. The van der Waals surface area contributed by atoms with Crippen molar-refractivity contribution in [2.75, 3.05) is 20.1 Å². The molecule has 3 heteroatoms. The average molecular weight is 204 g/mol. The SMILES string of the molecule is CN1CCC(c2cccc(N=O)c2)CC1. The van der Waals surface area contributed by atoms with Crippen LogP contribution in [0.4, 0.5) is 5.69 Å². The predicted octanol–water partition coefficient (Wildman–Crippen LogP) is 2.89. The third-order valence-corrected chi connectivity index (χ3v) is 3.17. The Morgan fingerprint density at radius 1 is 1.33 bits per heavy atom. The standard InChI is InChI=1S/C12H16N2O/c1-14-7-5-10(6-8-14)11-3-2-4-12(9-11)13-15/h2-4,9-10H,5-8H2,1H3. The summed E-state index contributed by atoms with van der Waals surface area (Å²) in [6.45, 7) is 2.28. The van der Waals surface area contributed by atoms with Gasteiger partial charge in [0.2, 0.25) is 0 Å². The Kier molecular flexibility index (Phi) is 3.11. The van der Waals surface area contributed by atoms with Gasteiger partial charge in [0.15, 0.2) is 0 Å². The van der Waals surface area contributed by atoms with Gasteiger partial charge in [0, 0.05) is 0 Å². The van der Waals surface area contributed by atoms with E-state index in [1.807, 2.05) is 12.1 Å². The highest BCUT2D eigenvalue weighted by Gasteiger charge is 2.18. The van der Waals surface area contributed by atoms with Gasteiger partial charge in [-0.05, 0) is 61.8 Å². The van der Waals surface area contributed by atoms with E-state index in [0.29, 0.717) is 11.6 Å². The smallest absolute Gasteiger partial charge is 0.108 e. The van der Waals surface area contributed by atoms with Gasteiger partial charge in [-0.15, -0.1) is 4.91 Å². The second kappa shape index (κ2) is 4.53. The van der Waals surface area contributed by atoms with Crippen molar-refractivity contribution in [3.63, 3.8) is 0 Å². The van der Waals surface area contributed by atoms with E-state index in [1.54, 1.807) is 6.07 Å². The Balaban J connectivity index is 2.11. The fourth-order valence-corrected chi connectivity index (χ4v) is 2.18. The maximum absolute atomic E-state index is 10.4. The molecule has 1 fully saturated rings. The van der Waals surface area contributed by atoms with Gasteiger partial charge in [-0.3, -0.25) is 0 Å². The molecule has 0 unspecified atom stereocenters. The molecule has 15 heavy (non-hydrogen) atoms. The molecule has 1 aromatic rings. The quantitative estimate of drug-likeness (QED) is 0.694. The Bertz CT molecular complexity index is 343. The Morgan fingerprint density at radius 3 is 2.73 bits per heavy atom. The van der Waals surface area contributed by atoms with E-state index in [9.17, 15) is 4.91 Å². The molecule has 0 spiro atoms. The van der Waals surface area contributed by atoms with E-state index >= 15 is 0 Å². The third-order valence-electron chi connectivity index (χ3n) is 3.17. The van der Waals surface area contributed by atoms with Gasteiger partial charge < -0.3 is 4.90 Å².